The summed E-state index contributed by atoms with van der Waals surface area (Å²) >= 11 is 1.60. The lowest BCUT2D eigenvalue weighted by atomic mass is 9.54. The molecule has 1 heterocycles. The van der Waals surface area contributed by atoms with Crippen LogP contribution in [0.2, 0.25) is 0 Å². The number of aromatic nitrogens is 1. The van der Waals surface area contributed by atoms with Crippen LogP contribution >= 0.6 is 11.3 Å². The van der Waals surface area contributed by atoms with E-state index in [4.69, 9.17) is 0 Å². The van der Waals surface area contributed by atoms with Gasteiger partial charge in [0.1, 0.15) is 4.88 Å². The van der Waals surface area contributed by atoms with Gasteiger partial charge in [0.15, 0.2) is 0 Å². The molecule has 4 saturated carbocycles. The molecule has 22 heavy (non-hydrogen) atoms. The van der Waals surface area contributed by atoms with Gasteiger partial charge in [-0.25, -0.2) is 4.98 Å². The van der Waals surface area contributed by atoms with Crippen LogP contribution in [0.4, 0.5) is 0 Å². The monoisotopic (exact) mass is 318 g/mol. The lowest BCUT2D eigenvalue weighted by molar-refractivity contribution is -0.0119. The summed E-state index contributed by atoms with van der Waals surface area (Å²) in [6.45, 7) is 4.13. The molecular formula is C18H26N2OS. The van der Waals surface area contributed by atoms with Gasteiger partial charge in [-0.15, -0.1) is 11.3 Å². The zero-order valence-electron chi connectivity index (χ0n) is 13.6. The molecule has 3 nitrogen and oxygen atoms in total. The van der Waals surface area contributed by atoms with Gasteiger partial charge in [-0.3, -0.25) is 4.79 Å². The van der Waals surface area contributed by atoms with Crippen LogP contribution in [0.25, 0.3) is 0 Å². The molecule has 0 aromatic carbocycles. The highest BCUT2D eigenvalue weighted by Gasteiger charge is 2.48. The number of carbonyl (C=O) groups excluding carboxylic acids is 1. The van der Waals surface area contributed by atoms with Gasteiger partial charge in [0.2, 0.25) is 0 Å². The van der Waals surface area contributed by atoms with E-state index in [2.05, 4.69) is 17.2 Å². The zero-order chi connectivity index (χ0) is 15.3. The number of nitrogens with zero attached hydrogens (tertiary/aromatic N) is 1. The highest BCUT2D eigenvalue weighted by Crippen LogP contribution is 2.53. The van der Waals surface area contributed by atoms with Gasteiger partial charge in [-0.05, 0) is 75.5 Å². The van der Waals surface area contributed by atoms with Gasteiger partial charge in [-0.1, -0.05) is 6.92 Å². The van der Waals surface area contributed by atoms with Gasteiger partial charge in [-0.2, -0.15) is 0 Å². The second-order valence-corrected chi connectivity index (χ2v) is 8.79. The SMILES string of the molecule is CCCc1nc(C)c(C(=O)NC2C3CC4CC(C3)CC2C4)s1. The molecule has 120 valence electrons. The Morgan fingerprint density at radius 1 is 1.18 bits per heavy atom. The summed E-state index contributed by atoms with van der Waals surface area (Å²) in [6.07, 6.45) is 8.92. The number of hydrogen-bond donors (Lipinski definition) is 1. The number of hydrogen-bond acceptors (Lipinski definition) is 3. The topological polar surface area (TPSA) is 42.0 Å². The van der Waals surface area contributed by atoms with E-state index in [-0.39, 0.29) is 5.91 Å². The van der Waals surface area contributed by atoms with Crippen LogP contribution in [0.3, 0.4) is 0 Å². The molecule has 4 bridgehead atoms. The van der Waals surface area contributed by atoms with Crippen molar-refractivity contribution in [3.8, 4) is 0 Å². The summed E-state index contributed by atoms with van der Waals surface area (Å²) in [5.41, 5.74) is 0.912. The summed E-state index contributed by atoms with van der Waals surface area (Å²) in [6, 6.07) is 0.427. The van der Waals surface area contributed by atoms with Crippen LogP contribution in [0, 0.1) is 30.6 Å². The van der Waals surface area contributed by atoms with Crippen LogP contribution in [0.15, 0.2) is 0 Å². The molecule has 1 N–H and O–H groups in total. The molecule has 4 aliphatic carbocycles. The maximum Gasteiger partial charge on any atom is 0.263 e. The minimum atomic E-state index is 0.134. The minimum Gasteiger partial charge on any atom is -0.348 e. The van der Waals surface area contributed by atoms with Gasteiger partial charge in [0, 0.05) is 6.04 Å². The molecule has 4 heteroatoms. The number of thiazole rings is 1. The molecule has 0 aliphatic heterocycles. The fourth-order valence-corrected chi connectivity index (χ4v) is 6.43. The first-order valence-electron chi connectivity index (χ1n) is 8.91. The second-order valence-electron chi connectivity index (χ2n) is 7.70. The summed E-state index contributed by atoms with van der Waals surface area (Å²) < 4.78 is 0. The largest absolute Gasteiger partial charge is 0.348 e. The third-order valence-electron chi connectivity index (χ3n) is 6.04. The molecule has 0 atom stereocenters. The van der Waals surface area contributed by atoms with E-state index in [9.17, 15) is 4.79 Å². The number of carbonyl (C=O) groups is 1. The van der Waals surface area contributed by atoms with E-state index in [1.54, 1.807) is 11.3 Å². The predicted molar refractivity (Wildman–Crippen MR) is 89.1 cm³/mol. The summed E-state index contributed by atoms with van der Waals surface area (Å²) in [4.78, 5) is 18.1. The van der Waals surface area contributed by atoms with Gasteiger partial charge in [0.05, 0.1) is 10.7 Å². The van der Waals surface area contributed by atoms with Gasteiger partial charge >= 0.3 is 0 Å². The standard InChI is InChI=1S/C18H26N2OS/c1-3-4-15-19-10(2)17(22-15)18(21)20-16-13-6-11-5-12(8-13)9-14(16)7-11/h11-14,16H,3-9H2,1-2H3,(H,20,21). The first-order valence-corrected chi connectivity index (χ1v) is 9.72. The maximum atomic E-state index is 12.7. The Hall–Kier alpha value is -0.900. The Balaban J connectivity index is 1.48. The van der Waals surface area contributed by atoms with Crippen molar-refractivity contribution in [1.29, 1.82) is 0 Å². The van der Waals surface area contributed by atoms with Gasteiger partial charge < -0.3 is 5.32 Å². The average Bonchev–Trinajstić information content (AvgIpc) is 2.83. The fourth-order valence-electron chi connectivity index (χ4n) is 5.36. The van der Waals surface area contributed by atoms with Crippen molar-refractivity contribution in [3.05, 3.63) is 15.6 Å². The van der Waals surface area contributed by atoms with E-state index in [1.807, 2.05) is 6.92 Å². The summed E-state index contributed by atoms with van der Waals surface area (Å²) in [5, 5.41) is 4.51. The third-order valence-corrected chi connectivity index (χ3v) is 7.25. The van der Waals surface area contributed by atoms with Crippen molar-refractivity contribution in [2.45, 2.75) is 64.8 Å². The molecule has 0 radical (unpaired) electrons. The van der Waals surface area contributed by atoms with Crippen LogP contribution in [-0.2, 0) is 6.42 Å². The summed E-state index contributed by atoms with van der Waals surface area (Å²) in [7, 11) is 0. The number of nitrogens with one attached hydrogen (secondary N) is 1. The quantitative estimate of drug-likeness (QED) is 0.913. The van der Waals surface area contributed by atoms with Crippen LogP contribution in [0.1, 0.15) is 65.8 Å². The Kier molecular flexibility index (Phi) is 3.75. The Bertz CT molecular complexity index is 552. The van der Waals surface area contributed by atoms with Crippen molar-refractivity contribution >= 4 is 17.2 Å². The van der Waals surface area contributed by atoms with Crippen molar-refractivity contribution in [1.82, 2.24) is 10.3 Å². The van der Waals surface area contributed by atoms with Crippen LogP contribution in [0.5, 0.6) is 0 Å². The number of aryl methyl sites for hydroxylation is 2. The molecule has 0 unspecified atom stereocenters. The normalized spacial score (nSPS) is 35.8. The molecule has 4 aliphatic rings. The highest BCUT2D eigenvalue weighted by molar-refractivity contribution is 7.13. The van der Waals surface area contributed by atoms with Crippen LogP contribution in [-0.4, -0.2) is 16.9 Å². The second kappa shape index (κ2) is 5.63. The lowest BCUT2D eigenvalue weighted by Crippen LogP contribution is -2.55. The zero-order valence-corrected chi connectivity index (χ0v) is 14.4. The Morgan fingerprint density at radius 2 is 1.82 bits per heavy atom. The molecule has 1 aromatic rings. The van der Waals surface area contributed by atoms with Gasteiger partial charge in [0.25, 0.3) is 5.91 Å². The fraction of sp³-hybridized carbons (Fsp3) is 0.778. The van der Waals surface area contributed by atoms with E-state index in [0.29, 0.717) is 6.04 Å². The van der Waals surface area contributed by atoms with Crippen molar-refractivity contribution in [2.75, 3.05) is 0 Å². The third kappa shape index (κ3) is 2.49. The first kappa shape index (κ1) is 14.7. The molecule has 1 amide bonds. The van der Waals surface area contributed by atoms with Crippen molar-refractivity contribution < 1.29 is 4.79 Å². The molecule has 0 spiro atoms. The molecule has 1 aromatic heterocycles. The van der Waals surface area contributed by atoms with Crippen molar-refractivity contribution in [2.24, 2.45) is 23.7 Å². The van der Waals surface area contributed by atoms with E-state index in [0.717, 1.165) is 52.1 Å². The Labute approximate surface area is 136 Å². The van der Waals surface area contributed by atoms with Crippen molar-refractivity contribution in [3.63, 3.8) is 0 Å². The molecular weight excluding hydrogens is 292 g/mol. The van der Waals surface area contributed by atoms with E-state index < -0.39 is 0 Å². The molecule has 0 saturated heterocycles. The minimum absolute atomic E-state index is 0.134. The van der Waals surface area contributed by atoms with E-state index in [1.165, 1.54) is 32.1 Å². The Morgan fingerprint density at radius 3 is 2.41 bits per heavy atom. The lowest BCUT2D eigenvalue weighted by Gasteiger charge is -2.54. The smallest absolute Gasteiger partial charge is 0.263 e. The maximum absolute atomic E-state index is 12.7. The molecule has 5 rings (SSSR count). The predicted octanol–water partition coefficient (Wildman–Crippen LogP) is 3.96. The average molecular weight is 318 g/mol. The molecule has 4 fully saturated rings. The van der Waals surface area contributed by atoms with Crippen LogP contribution < -0.4 is 5.32 Å². The first-order chi connectivity index (χ1) is 10.6. The number of amides is 1. The van der Waals surface area contributed by atoms with E-state index >= 15 is 0 Å². The highest BCUT2D eigenvalue weighted by atomic mass is 32.1. The summed E-state index contributed by atoms with van der Waals surface area (Å²) in [5.74, 6) is 3.52. The number of rotatable bonds is 4.